The summed E-state index contributed by atoms with van der Waals surface area (Å²) in [7, 11) is 3.07. The van der Waals surface area contributed by atoms with Crippen molar-refractivity contribution < 1.29 is 28.9 Å². The minimum absolute atomic E-state index is 0.00327. The van der Waals surface area contributed by atoms with Crippen LogP contribution in [0.4, 0.5) is 4.39 Å². The van der Waals surface area contributed by atoms with E-state index >= 15 is 4.39 Å². The van der Waals surface area contributed by atoms with E-state index in [1.165, 1.54) is 28.8 Å². The van der Waals surface area contributed by atoms with E-state index < -0.39 is 35.1 Å². The Balaban J connectivity index is 1.79. The predicted octanol–water partition coefficient (Wildman–Crippen LogP) is 6.42. The van der Waals surface area contributed by atoms with Crippen LogP contribution in [0.3, 0.4) is 0 Å². The SMILES string of the molecule is CCC(O)(c1cc(F)c2c(c1)C(=O)N(C(CCC(=O)O)c1ccc(Cl)cc1)[C@@]2(OC)c1ccc(Cl)cc1)c1ccn(C)n1. The van der Waals surface area contributed by atoms with Crippen molar-refractivity contribution in [2.24, 2.45) is 7.05 Å². The van der Waals surface area contributed by atoms with Gasteiger partial charge in [-0.2, -0.15) is 5.10 Å². The van der Waals surface area contributed by atoms with E-state index in [1.807, 2.05) is 0 Å². The number of amides is 1. The zero-order valence-corrected chi connectivity index (χ0v) is 25.2. The Hall–Kier alpha value is -3.76. The summed E-state index contributed by atoms with van der Waals surface area (Å²) in [6.45, 7) is 1.74. The van der Waals surface area contributed by atoms with Gasteiger partial charge in [-0.15, -0.1) is 0 Å². The molecular formula is C32H30Cl2FN3O5. The minimum Gasteiger partial charge on any atom is -0.481 e. The maximum atomic E-state index is 16.6. The molecule has 1 amide bonds. The van der Waals surface area contributed by atoms with E-state index in [1.54, 1.807) is 74.8 Å². The number of carboxylic acid groups (broad SMARTS) is 1. The largest absolute Gasteiger partial charge is 0.481 e. The van der Waals surface area contributed by atoms with E-state index in [-0.39, 0.29) is 36.0 Å². The highest BCUT2D eigenvalue weighted by molar-refractivity contribution is 6.30. The Morgan fingerprint density at radius 1 is 1.09 bits per heavy atom. The van der Waals surface area contributed by atoms with Crippen LogP contribution in [0.5, 0.6) is 0 Å². The molecule has 0 saturated carbocycles. The standard InChI is InChI=1S/C32H30Cl2FN3O5/c1-4-31(42,27-15-16-37(2)36-27)21-17-24-29(25(35)18-21)32(43-3,20-7-11-23(34)12-8-20)38(30(24)41)26(13-14-28(39)40)19-5-9-22(33)10-6-19/h5-12,15-18,26,42H,4,13-14H2,1-3H3,(H,39,40)/t26?,31?,32-/m1/s1. The summed E-state index contributed by atoms with van der Waals surface area (Å²) < 4.78 is 24.3. The number of methoxy groups -OCH3 is 1. The summed E-state index contributed by atoms with van der Waals surface area (Å²) in [6, 6.07) is 16.6. The number of ether oxygens (including phenoxy) is 1. The third-order valence-corrected chi connectivity index (χ3v) is 8.58. The summed E-state index contributed by atoms with van der Waals surface area (Å²) >= 11 is 12.4. The maximum absolute atomic E-state index is 16.6. The van der Waals surface area contributed by atoms with Crippen molar-refractivity contribution in [2.45, 2.75) is 43.6 Å². The summed E-state index contributed by atoms with van der Waals surface area (Å²) in [5.74, 6) is -2.44. The van der Waals surface area contributed by atoms with Crippen molar-refractivity contribution in [1.29, 1.82) is 0 Å². The number of aromatic nitrogens is 2. The first-order valence-corrected chi connectivity index (χ1v) is 14.4. The van der Waals surface area contributed by atoms with Crippen molar-refractivity contribution in [2.75, 3.05) is 7.11 Å². The molecule has 2 unspecified atom stereocenters. The minimum atomic E-state index is -1.81. The van der Waals surface area contributed by atoms with Gasteiger partial charge in [0.1, 0.15) is 11.4 Å². The third kappa shape index (κ3) is 5.20. The number of carboxylic acids is 1. The molecule has 3 atom stereocenters. The average molecular weight is 627 g/mol. The number of fused-ring (bicyclic) bond motifs is 1. The zero-order valence-electron chi connectivity index (χ0n) is 23.7. The van der Waals surface area contributed by atoms with Crippen LogP contribution >= 0.6 is 23.2 Å². The van der Waals surface area contributed by atoms with Crippen LogP contribution in [0, 0.1) is 5.82 Å². The number of aliphatic hydroxyl groups is 1. The molecule has 0 spiro atoms. The molecule has 1 aliphatic rings. The maximum Gasteiger partial charge on any atom is 0.303 e. The molecule has 0 bridgehead atoms. The molecule has 0 saturated heterocycles. The number of nitrogens with zero attached hydrogens (tertiary/aromatic N) is 3. The van der Waals surface area contributed by atoms with Gasteiger partial charge in [-0.1, -0.05) is 54.4 Å². The lowest BCUT2D eigenvalue weighted by molar-refractivity contribution is -0.138. The van der Waals surface area contributed by atoms with Crippen molar-refractivity contribution in [3.63, 3.8) is 0 Å². The molecule has 43 heavy (non-hydrogen) atoms. The summed E-state index contributed by atoms with van der Waals surface area (Å²) in [6.07, 6.45) is 1.54. The lowest BCUT2D eigenvalue weighted by Crippen LogP contribution is -2.48. The van der Waals surface area contributed by atoms with Gasteiger partial charge in [-0.3, -0.25) is 19.2 Å². The average Bonchev–Trinajstić information content (AvgIpc) is 3.54. The number of rotatable bonds is 10. The van der Waals surface area contributed by atoms with Gasteiger partial charge in [0.05, 0.1) is 22.9 Å². The fourth-order valence-corrected chi connectivity index (χ4v) is 6.20. The first-order valence-electron chi connectivity index (χ1n) is 13.6. The zero-order chi connectivity index (χ0) is 31.1. The number of aryl methyl sites for hydroxylation is 1. The van der Waals surface area contributed by atoms with Crippen molar-refractivity contribution in [1.82, 2.24) is 14.7 Å². The molecule has 3 aromatic carbocycles. The Labute approximate surface area is 258 Å². The van der Waals surface area contributed by atoms with E-state index in [0.29, 0.717) is 26.9 Å². The van der Waals surface area contributed by atoms with E-state index in [4.69, 9.17) is 27.9 Å². The normalized spacial score (nSPS) is 18.4. The van der Waals surface area contributed by atoms with E-state index in [2.05, 4.69) is 5.10 Å². The summed E-state index contributed by atoms with van der Waals surface area (Å²) in [4.78, 5) is 27.7. The second-order valence-electron chi connectivity index (χ2n) is 10.5. The first kappa shape index (κ1) is 30.7. The number of aliphatic carboxylic acids is 1. The highest BCUT2D eigenvalue weighted by Gasteiger charge is 2.56. The Morgan fingerprint density at radius 2 is 1.72 bits per heavy atom. The van der Waals surface area contributed by atoms with Gasteiger partial charge in [0, 0.05) is 42.4 Å². The van der Waals surface area contributed by atoms with Crippen molar-refractivity contribution in [3.8, 4) is 0 Å². The van der Waals surface area contributed by atoms with Gasteiger partial charge in [0.15, 0.2) is 5.72 Å². The van der Waals surface area contributed by atoms with Gasteiger partial charge in [0.2, 0.25) is 0 Å². The number of benzene rings is 3. The molecule has 4 aromatic rings. The van der Waals surface area contributed by atoms with Crippen LogP contribution in [-0.4, -0.2) is 43.9 Å². The van der Waals surface area contributed by atoms with E-state index in [9.17, 15) is 19.8 Å². The van der Waals surface area contributed by atoms with Gasteiger partial charge in [-0.25, -0.2) is 4.39 Å². The molecular weight excluding hydrogens is 596 g/mol. The van der Waals surface area contributed by atoms with Gasteiger partial charge in [-0.05, 0) is 66.4 Å². The third-order valence-electron chi connectivity index (χ3n) is 8.07. The van der Waals surface area contributed by atoms with Gasteiger partial charge >= 0.3 is 5.97 Å². The molecule has 8 nitrogen and oxygen atoms in total. The summed E-state index contributed by atoms with van der Waals surface area (Å²) in [5.41, 5.74) is -2.14. The van der Waals surface area contributed by atoms with Crippen LogP contribution in [0.15, 0.2) is 72.9 Å². The highest BCUT2D eigenvalue weighted by atomic mass is 35.5. The molecule has 0 radical (unpaired) electrons. The molecule has 0 fully saturated rings. The number of carbonyl (C=O) groups is 2. The van der Waals surface area contributed by atoms with Crippen LogP contribution in [0.1, 0.15) is 70.5 Å². The predicted molar refractivity (Wildman–Crippen MR) is 159 cm³/mol. The van der Waals surface area contributed by atoms with Crippen LogP contribution in [-0.2, 0) is 27.9 Å². The van der Waals surface area contributed by atoms with Crippen LogP contribution < -0.4 is 0 Å². The molecule has 1 aromatic heterocycles. The summed E-state index contributed by atoms with van der Waals surface area (Å²) in [5, 5.41) is 26.6. The van der Waals surface area contributed by atoms with E-state index in [0.717, 1.165) is 0 Å². The second kappa shape index (κ2) is 11.7. The topological polar surface area (TPSA) is 105 Å². The van der Waals surface area contributed by atoms with Crippen molar-refractivity contribution >= 4 is 35.1 Å². The number of halogens is 3. The monoisotopic (exact) mass is 625 g/mol. The first-order chi connectivity index (χ1) is 20.5. The Morgan fingerprint density at radius 3 is 2.26 bits per heavy atom. The van der Waals surface area contributed by atoms with Crippen LogP contribution in [0.2, 0.25) is 10.0 Å². The molecule has 1 aliphatic heterocycles. The number of hydrogen-bond acceptors (Lipinski definition) is 5. The molecule has 5 rings (SSSR count). The lowest BCUT2D eigenvalue weighted by Gasteiger charge is -2.43. The lowest BCUT2D eigenvalue weighted by atomic mass is 9.84. The smallest absolute Gasteiger partial charge is 0.303 e. The molecule has 2 heterocycles. The Kier molecular flexibility index (Phi) is 8.37. The fraction of sp³-hybridized carbons (Fsp3) is 0.281. The molecule has 224 valence electrons. The highest BCUT2D eigenvalue weighted by Crippen LogP contribution is 2.52. The molecule has 0 aliphatic carbocycles. The fourth-order valence-electron chi connectivity index (χ4n) is 5.95. The van der Waals surface area contributed by atoms with Crippen LogP contribution in [0.25, 0.3) is 0 Å². The Bertz CT molecular complexity index is 1680. The van der Waals surface area contributed by atoms with Gasteiger partial charge < -0.3 is 14.9 Å². The van der Waals surface area contributed by atoms with Gasteiger partial charge in [0.25, 0.3) is 5.91 Å². The molecule has 11 heteroatoms. The second-order valence-corrected chi connectivity index (χ2v) is 11.4. The van der Waals surface area contributed by atoms with Crippen molar-refractivity contribution in [3.05, 3.63) is 122 Å². The number of carbonyl (C=O) groups excluding carboxylic acids is 1. The quantitative estimate of drug-likeness (QED) is 0.211. The number of hydrogen-bond donors (Lipinski definition) is 2. The molecule has 2 N–H and O–H groups in total.